The van der Waals surface area contributed by atoms with Gasteiger partial charge in [-0.15, -0.1) is 11.3 Å². The van der Waals surface area contributed by atoms with Crippen molar-refractivity contribution in [3.63, 3.8) is 0 Å². The Morgan fingerprint density at radius 1 is 1.31 bits per heavy atom. The summed E-state index contributed by atoms with van der Waals surface area (Å²) in [5.41, 5.74) is 8.76. The Hall–Kier alpha value is -1.82. The number of rotatable bonds is 1. The van der Waals surface area contributed by atoms with E-state index in [2.05, 4.69) is 10.3 Å². The van der Waals surface area contributed by atoms with Gasteiger partial charge in [0.25, 0.3) is 0 Å². The summed E-state index contributed by atoms with van der Waals surface area (Å²) in [5, 5.41) is 7.71. The zero-order valence-electron chi connectivity index (χ0n) is 8.77. The highest BCUT2D eigenvalue weighted by molar-refractivity contribution is 7.20. The highest BCUT2D eigenvalue weighted by Gasteiger charge is 2.21. The van der Waals surface area contributed by atoms with Crippen LogP contribution in [0.4, 0.5) is 5.69 Å². The molecule has 0 amide bonds. The van der Waals surface area contributed by atoms with Crippen LogP contribution in [-0.4, -0.2) is 10.3 Å². The summed E-state index contributed by atoms with van der Waals surface area (Å²) in [6.07, 6.45) is 1.65. The molecule has 0 atom stereocenters. The van der Waals surface area contributed by atoms with Crippen LogP contribution in [0.25, 0.3) is 21.7 Å². The molecule has 0 saturated carbocycles. The molecule has 0 fully saturated rings. The van der Waals surface area contributed by atoms with E-state index in [1.54, 1.807) is 17.5 Å². The molecule has 2 N–H and O–H groups in total. The molecule has 3 aromatic heterocycles. The van der Waals surface area contributed by atoms with Crippen molar-refractivity contribution in [3.05, 3.63) is 16.6 Å². The molecule has 3 aromatic rings. The molecule has 0 aliphatic rings. The molecule has 0 aliphatic heterocycles. The average molecular weight is 235 g/mol. The van der Waals surface area contributed by atoms with E-state index in [0.29, 0.717) is 22.7 Å². The van der Waals surface area contributed by atoms with Crippen LogP contribution in [0.15, 0.2) is 15.2 Å². The third kappa shape index (κ3) is 1.10. The molecule has 0 aromatic carbocycles. The molecule has 0 unspecified atom stereocenters. The van der Waals surface area contributed by atoms with Crippen LogP contribution in [0, 0.1) is 13.8 Å². The quantitative estimate of drug-likeness (QED) is 0.701. The second-order valence-corrected chi connectivity index (χ2v) is 4.82. The Balaban J connectivity index is 2.33. The maximum atomic E-state index is 5.87. The van der Waals surface area contributed by atoms with E-state index in [1.165, 1.54) is 0 Å². The van der Waals surface area contributed by atoms with Gasteiger partial charge in [0.2, 0.25) is 5.58 Å². The van der Waals surface area contributed by atoms with Gasteiger partial charge in [0.15, 0.2) is 11.5 Å². The Morgan fingerprint density at radius 3 is 2.81 bits per heavy atom. The largest absolute Gasteiger partial charge is 0.395 e. The van der Waals surface area contributed by atoms with Crippen LogP contribution in [0.3, 0.4) is 0 Å². The average Bonchev–Trinajstić information content (AvgIpc) is 2.88. The highest BCUT2D eigenvalue weighted by atomic mass is 32.1. The van der Waals surface area contributed by atoms with E-state index in [1.807, 2.05) is 13.8 Å². The van der Waals surface area contributed by atoms with Crippen molar-refractivity contribution in [2.75, 3.05) is 5.73 Å². The number of nitrogens with two attached hydrogens (primary N) is 1. The lowest BCUT2D eigenvalue weighted by Gasteiger charge is -1.88. The Labute approximate surface area is 94.8 Å². The van der Waals surface area contributed by atoms with Crippen LogP contribution in [-0.2, 0) is 0 Å². The van der Waals surface area contributed by atoms with Gasteiger partial charge < -0.3 is 14.8 Å². The summed E-state index contributed by atoms with van der Waals surface area (Å²) in [6.45, 7) is 3.86. The topological polar surface area (TPSA) is 78.1 Å². The number of fused-ring (bicyclic) bond motifs is 1. The minimum atomic E-state index is 0.633. The van der Waals surface area contributed by atoms with Crippen molar-refractivity contribution in [3.8, 4) is 11.5 Å². The molecule has 3 rings (SSSR count). The first-order valence-corrected chi connectivity index (χ1v) is 5.56. The molecule has 3 heterocycles. The zero-order chi connectivity index (χ0) is 11.3. The maximum Gasteiger partial charge on any atom is 0.201 e. The Kier molecular flexibility index (Phi) is 1.81. The summed E-state index contributed by atoms with van der Waals surface area (Å²) in [6, 6.07) is 0. The fourth-order valence-electron chi connectivity index (χ4n) is 1.58. The normalized spacial score (nSPS) is 11.4. The summed E-state index contributed by atoms with van der Waals surface area (Å²) < 4.78 is 11.3. The molecular formula is C10H9N3O2S. The standard InChI is InChI=1S/C10H9N3O2S/c1-4-3-12-14-8(4)7-10-9(15-13-7)6(11)5(2)16-10/h3H,11H2,1-2H3. The molecular weight excluding hydrogens is 226 g/mol. The van der Waals surface area contributed by atoms with Crippen molar-refractivity contribution in [2.24, 2.45) is 0 Å². The van der Waals surface area contributed by atoms with Gasteiger partial charge in [-0.05, 0) is 13.8 Å². The molecule has 0 bridgehead atoms. The first-order valence-electron chi connectivity index (χ1n) is 4.74. The van der Waals surface area contributed by atoms with Crippen LogP contribution >= 0.6 is 11.3 Å². The summed E-state index contributed by atoms with van der Waals surface area (Å²) in [4.78, 5) is 1.02. The first-order chi connectivity index (χ1) is 7.68. The van der Waals surface area contributed by atoms with Crippen molar-refractivity contribution in [2.45, 2.75) is 13.8 Å². The lowest BCUT2D eigenvalue weighted by Crippen LogP contribution is -1.81. The molecule has 5 nitrogen and oxygen atoms in total. The molecule has 0 aliphatic carbocycles. The van der Waals surface area contributed by atoms with Crippen molar-refractivity contribution in [1.82, 2.24) is 10.3 Å². The minimum Gasteiger partial charge on any atom is -0.395 e. The van der Waals surface area contributed by atoms with Gasteiger partial charge in [0, 0.05) is 10.4 Å². The second-order valence-electron chi connectivity index (χ2n) is 3.60. The van der Waals surface area contributed by atoms with Gasteiger partial charge in [0.1, 0.15) is 4.70 Å². The number of hydrogen-bond donors (Lipinski definition) is 1. The molecule has 16 heavy (non-hydrogen) atoms. The van der Waals surface area contributed by atoms with Gasteiger partial charge in [-0.3, -0.25) is 0 Å². The number of anilines is 1. The van der Waals surface area contributed by atoms with E-state index >= 15 is 0 Å². The van der Waals surface area contributed by atoms with E-state index in [9.17, 15) is 0 Å². The SMILES string of the molecule is Cc1cnoc1-c1noc2c(N)c(C)sc12. The first kappa shape index (κ1) is 9.41. The van der Waals surface area contributed by atoms with Gasteiger partial charge in [0.05, 0.1) is 11.9 Å². The number of aromatic nitrogens is 2. The van der Waals surface area contributed by atoms with Crippen LogP contribution < -0.4 is 5.73 Å². The smallest absolute Gasteiger partial charge is 0.201 e. The number of hydrogen-bond acceptors (Lipinski definition) is 6. The van der Waals surface area contributed by atoms with Crippen LogP contribution in [0.1, 0.15) is 10.4 Å². The predicted octanol–water partition coefficient (Wildman–Crippen LogP) is 2.74. The molecule has 6 heteroatoms. The zero-order valence-corrected chi connectivity index (χ0v) is 9.59. The number of thiophene rings is 1. The van der Waals surface area contributed by atoms with Gasteiger partial charge in [-0.2, -0.15) is 0 Å². The monoisotopic (exact) mass is 235 g/mol. The Morgan fingerprint density at radius 2 is 2.12 bits per heavy atom. The lowest BCUT2D eigenvalue weighted by molar-refractivity contribution is 0.419. The van der Waals surface area contributed by atoms with Gasteiger partial charge in [-0.1, -0.05) is 10.3 Å². The number of nitrogen functional groups attached to an aromatic ring is 1. The fourth-order valence-corrected chi connectivity index (χ4v) is 2.55. The minimum absolute atomic E-state index is 0.633. The van der Waals surface area contributed by atoms with Crippen molar-refractivity contribution < 1.29 is 9.05 Å². The third-order valence-electron chi connectivity index (χ3n) is 2.49. The molecule has 0 radical (unpaired) electrons. The van der Waals surface area contributed by atoms with E-state index in [4.69, 9.17) is 14.8 Å². The van der Waals surface area contributed by atoms with Crippen molar-refractivity contribution >= 4 is 27.3 Å². The molecule has 82 valence electrons. The maximum absolute atomic E-state index is 5.87. The lowest BCUT2D eigenvalue weighted by atomic mass is 10.2. The molecule has 0 spiro atoms. The Bertz CT molecular complexity index is 665. The summed E-state index contributed by atoms with van der Waals surface area (Å²) in [5.74, 6) is 0.639. The summed E-state index contributed by atoms with van der Waals surface area (Å²) in [7, 11) is 0. The third-order valence-corrected chi connectivity index (χ3v) is 3.60. The van der Waals surface area contributed by atoms with Crippen molar-refractivity contribution in [1.29, 1.82) is 0 Å². The second kappa shape index (κ2) is 3.08. The fraction of sp³-hybridized carbons (Fsp3) is 0.200. The van der Waals surface area contributed by atoms with Crippen LogP contribution in [0.2, 0.25) is 0 Å². The van der Waals surface area contributed by atoms with Gasteiger partial charge in [-0.25, -0.2) is 0 Å². The number of aryl methyl sites for hydroxylation is 2. The molecule has 0 saturated heterocycles. The van der Waals surface area contributed by atoms with E-state index < -0.39 is 0 Å². The number of nitrogens with zero attached hydrogens (tertiary/aromatic N) is 2. The van der Waals surface area contributed by atoms with E-state index in [0.717, 1.165) is 15.1 Å². The van der Waals surface area contributed by atoms with E-state index in [-0.39, 0.29) is 0 Å². The van der Waals surface area contributed by atoms with Crippen LogP contribution in [0.5, 0.6) is 0 Å². The van der Waals surface area contributed by atoms with Gasteiger partial charge >= 0.3 is 0 Å². The summed E-state index contributed by atoms with van der Waals surface area (Å²) >= 11 is 1.55. The highest BCUT2D eigenvalue weighted by Crippen LogP contribution is 2.39. The predicted molar refractivity (Wildman–Crippen MR) is 61.3 cm³/mol.